The second-order valence-corrected chi connectivity index (χ2v) is 13.5. The Balaban J connectivity index is 0.00000208. The Hall–Kier alpha value is -0.950. The first-order valence-electron chi connectivity index (χ1n) is 7.91. The minimum atomic E-state index is -1.32. The molecule has 0 amide bonds. The third-order valence-corrected chi connectivity index (χ3v) is 8.98. The smallest absolute Gasteiger partial charge is 0.139 e. The first-order chi connectivity index (χ1) is 11.2. The number of benzene rings is 3. The van der Waals surface area contributed by atoms with Crippen molar-refractivity contribution in [3.05, 3.63) is 108 Å². The summed E-state index contributed by atoms with van der Waals surface area (Å²) >= 11 is 4.21. The summed E-state index contributed by atoms with van der Waals surface area (Å²) in [6.45, 7) is 0. The molecule has 0 atom stereocenters. The normalized spacial score (nSPS) is 10.9. The van der Waals surface area contributed by atoms with Crippen LogP contribution in [-0.2, 0) is 18.5 Å². The van der Waals surface area contributed by atoms with Gasteiger partial charge in [-0.15, -0.1) is 0 Å². The van der Waals surface area contributed by atoms with E-state index in [2.05, 4.69) is 106 Å². The summed E-state index contributed by atoms with van der Waals surface area (Å²) in [5.41, 5.74) is 4.26. The molecule has 0 aliphatic rings. The standard InChI is InChI=1S/C21H21BrP.BrH/c22-23(16-19-10-4-1-5-11-19,17-20-12-6-2-7-13-20)18-21-14-8-3-9-15-21;/h1-15H,16-18H2;1H/q+1;/p-1. The monoisotopic (exact) mass is 462 g/mol. The van der Waals surface area contributed by atoms with Crippen LogP contribution >= 0.6 is 21.5 Å². The largest absolute Gasteiger partial charge is 1.00 e. The van der Waals surface area contributed by atoms with E-state index in [1.54, 1.807) is 0 Å². The molecule has 0 unspecified atom stereocenters. The maximum atomic E-state index is 4.21. The zero-order valence-corrected chi connectivity index (χ0v) is 17.6. The maximum Gasteiger partial charge on any atom is 0.139 e. The van der Waals surface area contributed by atoms with Crippen LogP contribution in [0, 0.1) is 0 Å². The van der Waals surface area contributed by atoms with Gasteiger partial charge >= 0.3 is 0 Å². The Kier molecular flexibility index (Phi) is 7.68. The predicted molar refractivity (Wildman–Crippen MR) is 106 cm³/mol. The van der Waals surface area contributed by atoms with Gasteiger partial charge in [-0.3, -0.25) is 0 Å². The van der Waals surface area contributed by atoms with Gasteiger partial charge in [0.05, 0.1) is 24.5 Å². The molecule has 3 rings (SSSR count). The molecule has 0 saturated carbocycles. The van der Waals surface area contributed by atoms with Crippen molar-refractivity contribution in [1.29, 1.82) is 0 Å². The van der Waals surface area contributed by atoms with E-state index < -0.39 is 5.96 Å². The highest BCUT2D eigenvalue weighted by Crippen LogP contribution is 2.72. The van der Waals surface area contributed by atoms with E-state index in [1.807, 2.05) is 0 Å². The van der Waals surface area contributed by atoms with Crippen molar-refractivity contribution in [3.63, 3.8) is 0 Å². The van der Waals surface area contributed by atoms with E-state index in [0.717, 1.165) is 18.5 Å². The second kappa shape index (κ2) is 9.51. The van der Waals surface area contributed by atoms with E-state index in [0.29, 0.717) is 0 Å². The third kappa shape index (κ3) is 5.84. The van der Waals surface area contributed by atoms with Crippen molar-refractivity contribution >= 4 is 21.5 Å². The Morgan fingerprint density at radius 1 is 0.500 bits per heavy atom. The molecule has 0 nitrogen and oxygen atoms in total. The predicted octanol–water partition coefficient (Wildman–Crippen LogP) is 3.92. The van der Waals surface area contributed by atoms with Gasteiger partial charge in [0.1, 0.15) is 15.5 Å². The lowest BCUT2D eigenvalue weighted by Crippen LogP contribution is -3.00. The van der Waals surface area contributed by atoms with Crippen LogP contribution < -0.4 is 17.0 Å². The average Bonchev–Trinajstić information content (AvgIpc) is 2.57. The van der Waals surface area contributed by atoms with E-state index >= 15 is 0 Å². The summed E-state index contributed by atoms with van der Waals surface area (Å²) < 4.78 is 0. The molecule has 0 radical (unpaired) electrons. The van der Waals surface area contributed by atoms with Crippen molar-refractivity contribution in [2.45, 2.75) is 18.5 Å². The van der Waals surface area contributed by atoms with E-state index in [9.17, 15) is 0 Å². The molecule has 124 valence electrons. The highest BCUT2D eigenvalue weighted by atomic mass is 79.9. The van der Waals surface area contributed by atoms with E-state index in [1.165, 1.54) is 16.7 Å². The summed E-state index contributed by atoms with van der Waals surface area (Å²) in [5, 5.41) is 0. The molecule has 0 aromatic heterocycles. The highest BCUT2D eigenvalue weighted by molar-refractivity contribution is 9.42. The fourth-order valence-electron chi connectivity index (χ4n) is 2.90. The molecule has 24 heavy (non-hydrogen) atoms. The molecule has 0 bridgehead atoms. The number of rotatable bonds is 6. The van der Waals surface area contributed by atoms with Crippen molar-refractivity contribution in [2.75, 3.05) is 0 Å². The molecular formula is C21H21Br2P. The molecule has 3 aromatic carbocycles. The number of halogens is 2. The van der Waals surface area contributed by atoms with Crippen LogP contribution in [0.2, 0.25) is 0 Å². The Morgan fingerprint density at radius 2 is 0.750 bits per heavy atom. The highest BCUT2D eigenvalue weighted by Gasteiger charge is 2.36. The second-order valence-electron chi connectivity index (χ2n) is 5.96. The summed E-state index contributed by atoms with van der Waals surface area (Å²) in [5.74, 6) is -1.32. The van der Waals surface area contributed by atoms with Crippen molar-refractivity contribution in [2.24, 2.45) is 0 Å². The van der Waals surface area contributed by atoms with Crippen LogP contribution in [0.3, 0.4) is 0 Å². The van der Waals surface area contributed by atoms with Crippen molar-refractivity contribution in [3.8, 4) is 0 Å². The van der Waals surface area contributed by atoms with Crippen LogP contribution in [0.15, 0.2) is 91.0 Å². The van der Waals surface area contributed by atoms with Crippen LogP contribution in [0.5, 0.6) is 0 Å². The Bertz CT molecular complexity index is 613. The minimum absolute atomic E-state index is 0. The first-order valence-corrected chi connectivity index (χ1v) is 12.3. The van der Waals surface area contributed by atoms with Gasteiger partial charge < -0.3 is 17.0 Å². The lowest BCUT2D eigenvalue weighted by molar-refractivity contribution is -0.00000461. The SMILES string of the molecule is Br[P+](Cc1ccccc1)(Cc1ccccc1)Cc1ccccc1.[Br-]. The molecule has 3 aromatic rings. The molecule has 0 fully saturated rings. The topological polar surface area (TPSA) is 0 Å². The third-order valence-electron chi connectivity index (χ3n) is 3.93. The summed E-state index contributed by atoms with van der Waals surface area (Å²) in [4.78, 5) is 0. The molecule has 3 heteroatoms. The summed E-state index contributed by atoms with van der Waals surface area (Å²) in [6.07, 6.45) is 3.37. The van der Waals surface area contributed by atoms with Crippen LogP contribution in [0.4, 0.5) is 0 Å². The van der Waals surface area contributed by atoms with E-state index in [4.69, 9.17) is 0 Å². The molecule has 0 aliphatic carbocycles. The van der Waals surface area contributed by atoms with Gasteiger partial charge in [0, 0.05) is 0 Å². The molecular weight excluding hydrogens is 443 g/mol. The molecule has 0 spiro atoms. The quantitative estimate of drug-likeness (QED) is 0.486. The molecule has 0 N–H and O–H groups in total. The van der Waals surface area contributed by atoms with Crippen molar-refractivity contribution < 1.29 is 17.0 Å². The van der Waals surface area contributed by atoms with Gasteiger partial charge in [0.25, 0.3) is 0 Å². The van der Waals surface area contributed by atoms with Gasteiger partial charge in [0.2, 0.25) is 0 Å². The maximum absolute atomic E-state index is 4.21. The number of hydrogen-bond acceptors (Lipinski definition) is 0. The van der Waals surface area contributed by atoms with Gasteiger partial charge in [-0.25, -0.2) is 0 Å². The lowest BCUT2D eigenvalue weighted by atomic mass is 10.2. The molecule has 0 heterocycles. The fourth-order valence-corrected chi connectivity index (χ4v) is 8.44. The van der Waals surface area contributed by atoms with Crippen LogP contribution in [0.25, 0.3) is 0 Å². The zero-order valence-electron chi connectivity index (χ0n) is 13.5. The van der Waals surface area contributed by atoms with Gasteiger partial charge in [-0.05, 0) is 16.7 Å². The van der Waals surface area contributed by atoms with Crippen LogP contribution in [0.1, 0.15) is 16.7 Å². The fraction of sp³-hybridized carbons (Fsp3) is 0.143. The first kappa shape index (κ1) is 19.4. The number of hydrogen-bond donors (Lipinski definition) is 0. The van der Waals surface area contributed by atoms with Crippen LogP contribution in [-0.4, -0.2) is 0 Å². The summed E-state index contributed by atoms with van der Waals surface area (Å²) in [7, 11) is 0. The minimum Gasteiger partial charge on any atom is -1.00 e. The summed E-state index contributed by atoms with van der Waals surface area (Å²) in [6, 6.07) is 32.5. The van der Waals surface area contributed by atoms with E-state index in [-0.39, 0.29) is 17.0 Å². The Morgan fingerprint density at radius 3 is 1.00 bits per heavy atom. The average molecular weight is 464 g/mol. The van der Waals surface area contributed by atoms with Gasteiger partial charge in [-0.2, -0.15) is 0 Å². The van der Waals surface area contributed by atoms with Crippen molar-refractivity contribution in [1.82, 2.24) is 0 Å². The molecule has 0 saturated heterocycles. The lowest BCUT2D eigenvalue weighted by Gasteiger charge is -2.21. The molecule has 0 aliphatic heterocycles. The van der Waals surface area contributed by atoms with Gasteiger partial charge in [0.15, 0.2) is 0 Å². The zero-order chi connectivity index (χ0) is 16.0. The van der Waals surface area contributed by atoms with Gasteiger partial charge in [-0.1, -0.05) is 91.0 Å². The Labute approximate surface area is 164 Å².